The highest BCUT2D eigenvalue weighted by atomic mass is 35.5. The number of halogens is 1. The Hall–Kier alpha value is -3.91. The molecule has 1 aliphatic rings. The van der Waals surface area contributed by atoms with E-state index in [0.29, 0.717) is 44.2 Å². The van der Waals surface area contributed by atoms with Crippen molar-refractivity contribution in [2.24, 2.45) is 11.8 Å². The normalized spacial score (nSPS) is 17.2. The smallest absolute Gasteiger partial charge is 0.308 e. The van der Waals surface area contributed by atoms with Gasteiger partial charge >= 0.3 is 5.97 Å². The number of carbonyl (C=O) groups is 1. The molecule has 0 radical (unpaired) electrons. The average molecular weight is 519 g/mol. The summed E-state index contributed by atoms with van der Waals surface area (Å²) in [5, 5.41) is 9.94. The largest absolute Gasteiger partial charge is 0.493 e. The molecule has 1 saturated heterocycles. The molecule has 0 aliphatic carbocycles. The van der Waals surface area contributed by atoms with Crippen molar-refractivity contribution in [1.29, 1.82) is 0 Å². The third-order valence-electron chi connectivity index (χ3n) is 6.64. The first-order chi connectivity index (χ1) is 18.0. The quantitative estimate of drug-likeness (QED) is 0.305. The minimum absolute atomic E-state index is 0.0491. The fraction of sp³-hybridized carbons (Fsp3) is 0.286. The molecule has 0 amide bonds. The summed E-state index contributed by atoms with van der Waals surface area (Å²) in [5.41, 5.74) is 2.89. The lowest BCUT2D eigenvalue weighted by molar-refractivity contribution is -0.142. The fourth-order valence-electron chi connectivity index (χ4n) is 4.70. The summed E-state index contributed by atoms with van der Waals surface area (Å²) >= 11 is 5.92. The maximum Gasteiger partial charge on any atom is 0.308 e. The number of nitrogens with zero attached hydrogens (tertiary/aromatic N) is 4. The first kappa shape index (κ1) is 24.8. The van der Waals surface area contributed by atoms with Gasteiger partial charge in [0, 0.05) is 31.3 Å². The number of oxazole rings is 1. The molecule has 2 aromatic heterocycles. The minimum atomic E-state index is -0.800. The van der Waals surface area contributed by atoms with Crippen LogP contribution in [-0.4, -0.2) is 45.7 Å². The number of aliphatic carboxylic acids is 1. The van der Waals surface area contributed by atoms with E-state index in [1.165, 1.54) is 0 Å². The van der Waals surface area contributed by atoms with E-state index in [9.17, 15) is 9.90 Å². The highest BCUT2D eigenvalue weighted by Crippen LogP contribution is 2.31. The van der Waals surface area contributed by atoms with Crippen LogP contribution in [0.5, 0.6) is 5.75 Å². The number of benzene rings is 2. The van der Waals surface area contributed by atoms with Crippen LogP contribution in [0.2, 0.25) is 5.28 Å². The summed E-state index contributed by atoms with van der Waals surface area (Å²) in [4.78, 5) is 26.7. The average Bonchev–Trinajstić information content (AvgIpc) is 3.49. The first-order valence-electron chi connectivity index (χ1n) is 12.2. The highest BCUT2D eigenvalue weighted by Gasteiger charge is 2.38. The summed E-state index contributed by atoms with van der Waals surface area (Å²) in [6.07, 6.45) is 2.86. The second-order valence-electron chi connectivity index (χ2n) is 9.13. The number of hydrogen-bond donors (Lipinski definition) is 1. The van der Waals surface area contributed by atoms with Crippen LogP contribution in [0.15, 0.2) is 71.3 Å². The molecule has 3 heterocycles. The minimum Gasteiger partial charge on any atom is -0.493 e. The predicted octanol–water partition coefficient (Wildman–Crippen LogP) is 5.09. The van der Waals surface area contributed by atoms with Crippen molar-refractivity contribution in [2.45, 2.75) is 19.8 Å². The molecule has 1 N–H and O–H groups in total. The zero-order valence-electron chi connectivity index (χ0n) is 20.4. The standard InChI is InChI=1S/C28H27ClN4O4/c1-18-24(31-26(37-18)20-5-3-2-4-6-20)12-14-36-22-9-7-19(8-10-22)15-21-16-33(17-23(21)27(34)35)25-11-13-30-28(29)32-25/h2-11,13,21,23H,12,14-17H2,1H3,(H,34,35)/t21-,23+/m1/s1. The molecule has 190 valence electrons. The molecular weight excluding hydrogens is 492 g/mol. The van der Waals surface area contributed by atoms with Crippen molar-refractivity contribution in [3.8, 4) is 17.2 Å². The second-order valence-corrected chi connectivity index (χ2v) is 9.47. The van der Waals surface area contributed by atoms with Gasteiger partial charge in [-0.25, -0.2) is 15.0 Å². The third kappa shape index (κ3) is 5.91. The zero-order chi connectivity index (χ0) is 25.8. The number of ether oxygens (including phenoxy) is 1. The Labute approximate surface area is 219 Å². The van der Waals surface area contributed by atoms with Crippen LogP contribution >= 0.6 is 11.6 Å². The van der Waals surface area contributed by atoms with Gasteiger partial charge in [0.05, 0.1) is 18.2 Å². The number of anilines is 1. The fourth-order valence-corrected chi connectivity index (χ4v) is 4.84. The van der Waals surface area contributed by atoms with E-state index >= 15 is 0 Å². The molecule has 5 rings (SSSR count). The van der Waals surface area contributed by atoms with Crippen molar-refractivity contribution in [1.82, 2.24) is 15.0 Å². The van der Waals surface area contributed by atoms with E-state index in [1.54, 1.807) is 12.3 Å². The zero-order valence-corrected chi connectivity index (χ0v) is 21.1. The molecule has 8 nitrogen and oxygen atoms in total. The van der Waals surface area contributed by atoms with E-state index in [4.69, 9.17) is 20.8 Å². The first-order valence-corrected chi connectivity index (χ1v) is 12.5. The van der Waals surface area contributed by atoms with Gasteiger partial charge in [-0.2, -0.15) is 0 Å². The molecule has 0 bridgehead atoms. The van der Waals surface area contributed by atoms with Gasteiger partial charge in [-0.05, 0) is 66.8 Å². The molecule has 37 heavy (non-hydrogen) atoms. The van der Waals surface area contributed by atoms with E-state index in [1.807, 2.05) is 66.4 Å². The Morgan fingerprint density at radius 3 is 2.62 bits per heavy atom. The second kappa shape index (κ2) is 11.0. The van der Waals surface area contributed by atoms with E-state index in [0.717, 1.165) is 28.3 Å². The molecule has 0 unspecified atom stereocenters. The third-order valence-corrected chi connectivity index (χ3v) is 6.82. The Morgan fingerprint density at radius 1 is 1.11 bits per heavy atom. The molecule has 9 heteroatoms. The lowest BCUT2D eigenvalue weighted by Gasteiger charge is -2.17. The number of carboxylic acid groups (broad SMARTS) is 1. The number of rotatable bonds is 9. The number of aryl methyl sites for hydroxylation is 1. The number of carboxylic acids is 1. The van der Waals surface area contributed by atoms with E-state index in [-0.39, 0.29) is 11.2 Å². The summed E-state index contributed by atoms with van der Waals surface area (Å²) in [5.74, 6) is 1.47. The number of hydrogen-bond acceptors (Lipinski definition) is 7. The Kier molecular flexibility index (Phi) is 7.37. The van der Waals surface area contributed by atoms with Crippen LogP contribution in [0.3, 0.4) is 0 Å². The van der Waals surface area contributed by atoms with Crippen molar-refractivity contribution >= 4 is 23.4 Å². The Bertz CT molecular complexity index is 1360. The van der Waals surface area contributed by atoms with Crippen LogP contribution in [0.25, 0.3) is 11.5 Å². The van der Waals surface area contributed by atoms with Crippen LogP contribution < -0.4 is 9.64 Å². The van der Waals surface area contributed by atoms with Gasteiger partial charge in [0.25, 0.3) is 0 Å². The van der Waals surface area contributed by atoms with Crippen LogP contribution in [0.4, 0.5) is 5.82 Å². The molecule has 2 atom stereocenters. The van der Waals surface area contributed by atoms with Crippen LogP contribution in [-0.2, 0) is 17.6 Å². The lowest BCUT2D eigenvalue weighted by atomic mass is 9.90. The SMILES string of the molecule is Cc1oc(-c2ccccc2)nc1CCOc1ccc(C[C@@H]2CN(c3ccnc(Cl)n3)C[C@@H]2C(=O)O)cc1. The van der Waals surface area contributed by atoms with Gasteiger partial charge < -0.3 is 19.2 Å². The van der Waals surface area contributed by atoms with Gasteiger partial charge in [-0.3, -0.25) is 4.79 Å². The van der Waals surface area contributed by atoms with Crippen molar-refractivity contribution in [3.05, 3.63) is 89.2 Å². The summed E-state index contributed by atoms with van der Waals surface area (Å²) < 4.78 is 11.8. The van der Waals surface area contributed by atoms with E-state index < -0.39 is 11.9 Å². The van der Waals surface area contributed by atoms with Crippen molar-refractivity contribution in [2.75, 3.05) is 24.6 Å². The molecule has 1 fully saturated rings. The molecule has 4 aromatic rings. The lowest BCUT2D eigenvalue weighted by Crippen LogP contribution is -2.24. The molecule has 0 spiro atoms. The predicted molar refractivity (Wildman–Crippen MR) is 140 cm³/mol. The van der Waals surface area contributed by atoms with Crippen molar-refractivity contribution in [3.63, 3.8) is 0 Å². The maximum atomic E-state index is 11.9. The number of aromatic nitrogens is 3. The van der Waals surface area contributed by atoms with Crippen molar-refractivity contribution < 1.29 is 19.1 Å². The van der Waals surface area contributed by atoms with E-state index in [2.05, 4.69) is 15.0 Å². The molecule has 0 saturated carbocycles. The molecular formula is C28H27ClN4O4. The van der Waals surface area contributed by atoms with Gasteiger partial charge in [-0.15, -0.1) is 0 Å². The molecule has 2 aromatic carbocycles. The van der Waals surface area contributed by atoms with Gasteiger partial charge in [0.1, 0.15) is 17.3 Å². The van der Waals surface area contributed by atoms with Crippen LogP contribution in [0.1, 0.15) is 17.0 Å². The monoisotopic (exact) mass is 518 g/mol. The van der Waals surface area contributed by atoms with Gasteiger partial charge in [-0.1, -0.05) is 30.3 Å². The highest BCUT2D eigenvalue weighted by molar-refractivity contribution is 6.28. The Balaban J connectivity index is 1.16. The summed E-state index contributed by atoms with van der Waals surface area (Å²) in [7, 11) is 0. The van der Waals surface area contributed by atoms with Gasteiger partial charge in [0.15, 0.2) is 0 Å². The maximum absolute atomic E-state index is 11.9. The molecule has 1 aliphatic heterocycles. The Morgan fingerprint density at radius 2 is 1.89 bits per heavy atom. The van der Waals surface area contributed by atoms with Crippen LogP contribution in [0, 0.1) is 18.8 Å². The topological polar surface area (TPSA) is 102 Å². The summed E-state index contributed by atoms with van der Waals surface area (Å²) in [6.45, 7) is 3.37. The summed E-state index contributed by atoms with van der Waals surface area (Å²) in [6, 6.07) is 19.4. The van der Waals surface area contributed by atoms with Gasteiger partial charge in [0.2, 0.25) is 11.2 Å².